The zero-order valence-electron chi connectivity index (χ0n) is 11.2. The van der Waals surface area contributed by atoms with Crippen LogP contribution in [0.25, 0.3) is 6.08 Å². The fourth-order valence-electron chi connectivity index (χ4n) is 1.48. The number of ether oxygens (including phenoxy) is 1. The van der Waals surface area contributed by atoms with Crippen molar-refractivity contribution in [1.29, 1.82) is 0 Å². The van der Waals surface area contributed by atoms with Crippen LogP contribution in [-0.2, 0) is 16.1 Å². The summed E-state index contributed by atoms with van der Waals surface area (Å²) in [6.07, 6.45) is 3.14. The molecule has 0 saturated heterocycles. The summed E-state index contributed by atoms with van der Waals surface area (Å²) in [5.41, 5.74) is 1.09. The van der Waals surface area contributed by atoms with E-state index in [0.717, 1.165) is 18.1 Å². The topological polar surface area (TPSA) is 46.5 Å². The standard InChI is InChI=1S/C15H19FO3/c1-11(2)7-8-19-10-12-3-5-14(16)13(9-12)4-6-15(17)18/h3-6,9,11H,7-8,10H2,1-2H3,(H,17,18)/b6-4+. The maximum atomic E-state index is 13.4. The van der Waals surface area contributed by atoms with Crippen LogP contribution in [0.2, 0.25) is 0 Å². The van der Waals surface area contributed by atoms with Crippen LogP contribution in [0.15, 0.2) is 24.3 Å². The van der Waals surface area contributed by atoms with Gasteiger partial charge < -0.3 is 9.84 Å². The number of rotatable bonds is 7. The summed E-state index contributed by atoms with van der Waals surface area (Å²) in [5.74, 6) is -0.955. The summed E-state index contributed by atoms with van der Waals surface area (Å²) < 4.78 is 18.9. The highest BCUT2D eigenvalue weighted by Gasteiger charge is 2.02. The molecule has 0 aromatic heterocycles. The Morgan fingerprint density at radius 2 is 2.21 bits per heavy atom. The third-order valence-electron chi connectivity index (χ3n) is 2.57. The van der Waals surface area contributed by atoms with Gasteiger partial charge in [0.1, 0.15) is 5.82 Å². The van der Waals surface area contributed by atoms with E-state index in [-0.39, 0.29) is 5.56 Å². The van der Waals surface area contributed by atoms with Crippen molar-refractivity contribution in [2.24, 2.45) is 5.92 Å². The molecule has 0 aliphatic rings. The Labute approximate surface area is 112 Å². The van der Waals surface area contributed by atoms with Crippen LogP contribution in [0.1, 0.15) is 31.4 Å². The predicted octanol–water partition coefficient (Wildman–Crippen LogP) is 3.49. The molecule has 1 N–H and O–H groups in total. The summed E-state index contributed by atoms with van der Waals surface area (Å²) in [5, 5.41) is 8.53. The van der Waals surface area contributed by atoms with Gasteiger partial charge in [0, 0.05) is 18.2 Å². The van der Waals surface area contributed by atoms with Crippen molar-refractivity contribution in [2.75, 3.05) is 6.61 Å². The van der Waals surface area contributed by atoms with Crippen LogP contribution in [-0.4, -0.2) is 17.7 Å². The predicted molar refractivity (Wildman–Crippen MR) is 72.2 cm³/mol. The Morgan fingerprint density at radius 1 is 1.47 bits per heavy atom. The van der Waals surface area contributed by atoms with Crippen molar-refractivity contribution < 1.29 is 19.0 Å². The lowest BCUT2D eigenvalue weighted by Gasteiger charge is -2.07. The van der Waals surface area contributed by atoms with Gasteiger partial charge in [-0.1, -0.05) is 19.9 Å². The maximum Gasteiger partial charge on any atom is 0.328 e. The number of aliphatic carboxylic acids is 1. The van der Waals surface area contributed by atoms with Crippen LogP contribution in [0.3, 0.4) is 0 Å². The summed E-state index contributed by atoms with van der Waals surface area (Å²) in [7, 11) is 0. The number of halogens is 1. The number of carbonyl (C=O) groups is 1. The number of carboxylic acid groups (broad SMARTS) is 1. The molecular weight excluding hydrogens is 247 g/mol. The van der Waals surface area contributed by atoms with Gasteiger partial charge in [-0.3, -0.25) is 0 Å². The number of carboxylic acids is 1. The van der Waals surface area contributed by atoms with E-state index in [4.69, 9.17) is 9.84 Å². The number of benzene rings is 1. The average molecular weight is 266 g/mol. The van der Waals surface area contributed by atoms with Crippen molar-refractivity contribution in [3.8, 4) is 0 Å². The second-order valence-electron chi connectivity index (χ2n) is 4.76. The van der Waals surface area contributed by atoms with E-state index in [0.29, 0.717) is 19.1 Å². The van der Waals surface area contributed by atoms with E-state index in [2.05, 4.69) is 13.8 Å². The second kappa shape index (κ2) is 7.69. The lowest BCUT2D eigenvalue weighted by molar-refractivity contribution is -0.131. The van der Waals surface area contributed by atoms with Crippen LogP contribution in [0.5, 0.6) is 0 Å². The van der Waals surface area contributed by atoms with Crippen molar-refractivity contribution >= 4 is 12.0 Å². The molecule has 0 aliphatic heterocycles. The molecule has 1 rings (SSSR count). The SMILES string of the molecule is CC(C)CCOCc1ccc(F)c(/C=C/C(=O)O)c1. The third-order valence-corrected chi connectivity index (χ3v) is 2.57. The van der Waals surface area contributed by atoms with Crippen LogP contribution >= 0.6 is 0 Å². The van der Waals surface area contributed by atoms with Gasteiger partial charge in [0.25, 0.3) is 0 Å². The molecule has 0 heterocycles. The quantitative estimate of drug-likeness (QED) is 0.607. The molecule has 1 aromatic carbocycles. The molecule has 0 saturated carbocycles. The molecule has 0 amide bonds. The molecule has 1 aromatic rings. The van der Waals surface area contributed by atoms with Gasteiger partial charge >= 0.3 is 5.97 Å². The molecule has 19 heavy (non-hydrogen) atoms. The van der Waals surface area contributed by atoms with E-state index in [1.54, 1.807) is 12.1 Å². The van der Waals surface area contributed by atoms with E-state index in [1.165, 1.54) is 12.1 Å². The summed E-state index contributed by atoms with van der Waals surface area (Å²) in [6, 6.07) is 4.57. The molecule has 0 spiro atoms. The fourth-order valence-corrected chi connectivity index (χ4v) is 1.48. The van der Waals surface area contributed by atoms with Gasteiger partial charge in [-0.2, -0.15) is 0 Å². The molecular formula is C15H19FO3. The Hall–Kier alpha value is -1.68. The Bertz CT molecular complexity index is 453. The first-order valence-electron chi connectivity index (χ1n) is 6.26. The fraction of sp³-hybridized carbons (Fsp3) is 0.400. The third kappa shape index (κ3) is 6.15. The normalized spacial score (nSPS) is 11.4. The molecule has 0 bridgehead atoms. The van der Waals surface area contributed by atoms with Gasteiger partial charge in [-0.05, 0) is 36.1 Å². The minimum atomic E-state index is -1.10. The van der Waals surface area contributed by atoms with Gasteiger partial charge in [-0.25, -0.2) is 9.18 Å². The van der Waals surface area contributed by atoms with Gasteiger partial charge in [0.2, 0.25) is 0 Å². The number of hydrogen-bond donors (Lipinski definition) is 1. The van der Waals surface area contributed by atoms with E-state index < -0.39 is 11.8 Å². The Balaban J connectivity index is 2.60. The minimum Gasteiger partial charge on any atom is -0.478 e. The molecule has 3 nitrogen and oxygen atoms in total. The molecule has 0 fully saturated rings. The first-order valence-corrected chi connectivity index (χ1v) is 6.26. The summed E-state index contributed by atoms with van der Waals surface area (Å²) in [6.45, 7) is 5.31. The van der Waals surface area contributed by atoms with Crippen LogP contribution in [0, 0.1) is 11.7 Å². The van der Waals surface area contributed by atoms with Gasteiger partial charge in [0.15, 0.2) is 0 Å². The van der Waals surface area contributed by atoms with E-state index >= 15 is 0 Å². The average Bonchev–Trinajstić information content (AvgIpc) is 2.34. The lowest BCUT2D eigenvalue weighted by atomic mass is 10.1. The highest BCUT2D eigenvalue weighted by atomic mass is 19.1. The van der Waals surface area contributed by atoms with Crippen molar-refractivity contribution in [3.63, 3.8) is 0 Å². The zero-order chi connectivity index (χ0) is 14.3. The second-order valence-corrected chi connectivity index (χ2v) is 4.76. The van der Waals surface area contributed by atoms with Crippen molar-refractivity contribution in [3.05, 3.63) is 41.2 Å². The number of hydrogen-bond acceptors (Lipinski definition) is 2. The molecule has 0 unspecified atom stereocenters. The van der Waals surface area contributed by atoms with Gasteiger partial charge in [-0.15, -0.1) is 0 Å². The lowest BCUT2D eigenvalue weighted by Crippen LogP contribution is -2.00. The monoisotopic (exact) mass is 266 g/mol. The molecule has 0 atom stereocenters. The largest absolute Gasteiger partial charge is 0.478 e. The first kappa shape index (κ1) is 15.4. The summed E-state index contributed by atoms with van der Waals surface area (Å²) in [4.78, 5) is 10.4. The van der Waals surface area contributed by atoms with Crippen molar-refractivity contribution in [1.82, 2.24) is 0 Å². The van der Waals surface area contributed by atoms with Crippen LogP contribution in [0.4, 0.5) is 4.39 Å². The maximum absolute atomic E-state index is 13.4. The van der Waals surface area contributed by atoms with Crippen molar-refractivity contribution in [2.45, 2.75) is 26.9 Å². The summed E-state index contributed by atoms with van der Waals surface area (Å²) >= 11 is 0. The highest BCUT2D eigenvalue weighted by Crippen LogP contribution is 2.13. The Kier molecular flexibility index (Phi) is 6.22. The van der Waals surface area contributed by atoms with Crippen LogP contribution < -0.4 is 0 Å². The zero-order valence-corrected chi connectivity index (χ0v) is 11.2. The highest BCUT2D eigenvalue weighted by molar-refractivity contribution is 5.85. The Morgan fingerprint density at radius 3 is 2.84 bits per heavy atom. The molecule has 4 heteroatoms. The molecule has 0 aliphatic carbocycles. The first-order chi connectivity index (χ1) is 8.99. The van der Waals surface area contributed by atoms with E-state index in [1.807, 2.05) is 0 Å². The van der Waals surface area contributed by atoms with E-state index in [9.17, 15) is 9.18 Å². The van der Waals surface area contributed by atoms with Gasteiger partial charge in [0.05, 0.1) is 6.61 Å². The smallest absolute Gasteiger partial charge is 0.328 e. The molecule has 0 radical (unpaired) electrons. The minimum absolute atomic E-state index is 0.257. The molecule has 104 valence electrons.